The van der Waals surface area contributed by atoms with Crippen LogP contribution >= 0.6 is 0 Å². The molecule has 0 aromatic carbocycles. The number of pyridine rings is 2. The van der Waals surface area contributed by atoms with Gasteiger partial charge >= 0.3 is 0 Å². The lowest BCUT2D eigenvalue weighted by molar-refractivity contribution is 0.184. The van der Waals surface area contributed by atoms with Crippen molar-refractivity contribution in [2.24, 2.45) is 0 Å². The van der Waals surface area contributed by atoms with Crippen LogP contribution < -0.4 is 5.43 Å². The molecule has 0 amide bonds. The van der Waals surface area contributed by atoms with E-state index in [1.165, 1.54) is 18.5 Å². The normalized spacial score (nSPS) is 11.9. The molecule has 1 aromatic rings. The van der Waals surface area contributed by atoms with Gasteiger partial charge in [-0.05, 0) is 19.9 Å². The summed E-state index contributed by atoms with van der Waals surface area (Å²) in [6.07, 6.45) is 2.78. The van der Waals surface area contributed by atoms with Crippen molar-refractivity contribution in [2.45, 2.75) is 40.0 Å². The van der Waals surface area contributed by atoms with Crippen molar-refractivity contribution in [1.29, 1.82) is 0 Å². The highest BCUT2D eigenvalue weighted by molar-refractivity contribution is 5.67. The number of nitrogens with zero attached hydrogens (tertiary/aromatic N) is 4. The van der Waals surface area contributed by atoms with Crippen molar-refractivity contribution in [3.05, 3.63) is 51.8 Å². The molecule has 0 atom stereocenters. The molecule has 0 aliphatic carbocycles. The third kappa shape index (κ3) is 2.75. The molecule has 3 rings (SSSR count). The van der Waals surface area contributed by atoms with Crippen molar-refractivity contribution in [3.63, 3.8) is 0 Å². The van der Waals surface area contributed by atoms with Crippen LogP contribution in [0.3, 0.4) is 0 Å². The number of hydrogen-bond acceptors (Lipinski definition) is 5. The van der Waals surface area contributed by atoms with Crippen LogP contribution in [-0.4, -0.2) is 24.9 Å². The summed E-state index contributed by atoms with van der Waals surface area (Å²) in [4.78, 5) is 26.2. The van der Waals surface area contributed by atoms with E-state index in [0.29, 0.717) is 22.6 Å². The van der Waals surface area contributed by atoms with Crippen molar-refractivity contribution < 1.29 is 5.21 Å². The fraction of sp³-hybridized carbons (Fsp3) is 0.333. The first kappa shape index (κ1) is 16.1. The second-order valence-corrected chi connectivity index (χ2v) is 6.97. The summed E-state index contributed by atoms with van der Waals surface area (Å²) >= 11 is 0. The van der Waals surface area contributed by atoms with Crippen molar-refractivity contribution in [2.75, 3.05) is 0 Å². The molecule has 0 radical (unpaired) electrons. The number of rotatable bonds is 1. The lowest BCUT2D eigenvalue weighted by atomic mass is 9.90. The molecule has 1 aromatic heterocycles. The average Bonchev–Trinajstić information content (AvgIpc) is 2.48. The van der Waals surface area contributed by atoms with Crippen LogP contribution in [0.4, 0.5) is 0 Å². The Morgan fingerprint density at radius 3 is 2.42 bits per heavy atom. The fourth-order valence-electron chi connectivity index (χ4n) is 2.81. The summed E-state index contributed by atoms with van der Waals surface area (Å²) in [5, 5.41) is 9.46. The van der Waals surface area contributed by atoms with Gasteiger partial charge in [0.2, 0.25) is 0 Å². The highest BCUT2D eigenvalue weighted by Crippen LogP contribution is 2.27. The Balaban J connectivity index is 2.22. The predicted octanol–water partition coefficient (Wildman–Crippen LogP) is 2.96. The van der Waals surface area contributed by atoms with Gasteiger partial charge in [0.15, 0.2) is 5.43 Å². The third-order valence-electron chi connectivity index (χ3n) is 3.89. The molecule has 1 N–H and O–H groups in total. The molecule has 2 aliphatic rings. The summed E-state index contributed by atoms with van der Waals surface area (Å²) in [6.45, 7) is 10.1. The van der Waals surface area contributed by atoms with Crippen LogP contribution in [0.25, 0.3) is 22.6 Å². The molecular weight excluding hydrogens is 304 g/mol. The Labute approximate surface area is 140 Å². The van der Waals surface area contributed by atoms with Gasteiger partial charge in [0, 0.05) is 17.7 Å². The van der Waals surface area contributed by atoms with Gasteiger partial charge in [0.25, 0.3) is 0 Å². The van der Waals surface area contributed by atoms with Crippen molar-refractivity contribution >= 4 is 0 Å². The largest absolute Gasteiger partial charge is 0.429 e. The number of aromatic nitrogens is 4. The lowest BCUT2D eigenvalue weighted by Gasteiger charge is -2.21. The fourth-order valence-corrected chi connectivity index (χ4v) is 2.81. The minimum Gasteiger partial charge on any atom is -0.429 e. The van der Waals surface area contributed by atoms with Crippen molar-refractivity contribution in [3.8, 4) is 22.6 Å². The van der Waals surface area contributed by atoms with Gasteiger partial charge in [-0.2, -0.15) is 0 Å². The number of hydrogen-bond donors (Lipinski definition) is 1. The van der Waals surface area contributed by atoms with Crippen LogP contribution in [0.5, 0.6) is 0 Å². The molecule has 0 spiro atoms. The third-order valence-corrected chi connectivity index (χ3v) is 3.89. The monoisotopic (exact) mass is 324 g/mol. The highest BCUT2D eigenvalue weighted by atomic mass is 16.5. The SMILES string of the molecule is Cc1nc(C(C)(C)C)c(C)nc1-c1cc(=O)c2cn(O)ccc-2n1. The Hall–Kier alpha value is -2.76. The average molecular weight is 324 g/mol. The van der Waals surface area contributed by atoms with E-state index >= 15 is 0 Å². The van der Waals surface area contributed by atoms with Crippen LogP contribution in [0, 0.1) is 13.8 Å². The van der Waals surface area contributed by atoms with Gasteiger partial charge in [-0.1, -0.05) is 20.8 Å². The molecule has 0 saturated carbocycles. The second-order valence-electron chi connectivity index (χ2n) is 6.97. The molecule has 0 saturated heterocycles. The zero-order chi connectivity index (χ0) is 17.6. The van der Waals surface area contributed by atoms with E-state index in [9.17, 15) is 10.0 Å². The number of aryl methyl sites for hydroxylation is 2. The smallest absolute Gasteiger partial charge is 0.191 e. The molecule has 24 heavy (non-hydrogen) atoms. The topological polar surface area (TPSA) is 80.9 Å². The lowest BCUT2D eigenvalue weighted by Crippen LogP contribution is -2.18. The molecule has 0 bridgehead atoms. The summed E-state index contributed by atoms with van der Waals surface area (Å²) in [5.41, 5.74) is 4.18. The second kappa shape index (κ2) is 5.40. The summed E-state index contributed by atoms with van der Waals surface area (Å²) in [5.74, 6) is 0. The molecule has 6 heteroatoms. The Kier molecular flexibility index (Phi) is 3.63. The van der Waals surface area contributed by atoms with Crippen LogP contribution in [0.1, 0.15) is 37.9 Å². The van der Waals surface area contributed by atoms with E-state index in [2.05, 4.69) is 30.7 Å². The van der Waals surface area contributed by atoms with Gasteiger partial charge in [-0.25, -0.2) is 14.7 Å². The van der Waals surface area contributed by atoms with E-state index in [4.69, 9.17) is 4.98 Å². The maximum absolute atomic E-state index is 12.3. The minimum atomic E-state index is -0.211. The summed E-state index contributed by atoms with van der Waals surface area (Å²) < 4.78 is 0.846. The quantitative estimate of drug-likeness (QED) is 0.696. The predicted molar refractivity (Wildman–Crippen MR) is 91.5 cm³/mol. The highest BCUT2D eigenvalue weighted by Gasteiger charge is 2.22. The van der Waals surface area contributed by atoms with Gasteiger partial charge < -0.3 is 5.21 Å². The van der Waals surface area contributed by atoms with E-state index in [-0.39, 0.29) is 10.8 Å². The zero-order valence-electron chi connectivity index (χ0n) is 14.5. The molecule has 0 unspecified atom stereocenters. The van der Waals surface area contributed by atoms with Gasteiger partial charge in [0.05, 0.1) is 40.2 Å². The van der Waals surface area contributed by atoms with Crippen molar-refractivity contribution in [1.82, 2.24) is 19.7 Å². The Morgan fingerprint density at radius 2 is 1.75 bits per heavy atom. The van der Waals surface area contributed by atoms with Crippen LogP contribution in [0.15, 0.2) is 29.3 Å². The Morgan fingerprint density at radius 1 is 1.04 bits per heavy atom. The first-order valence-corrected chi connectivity index (χ1v) is 7.75. The molecular formula is C18H20N4O2. The van der Waals surface area contributed by atoms with E-state index in [1.807, 2.05) is 13.8 Å². The van der Waals surface area contributed by atoms with Crippen LogP contribution in [0.2, 0.25) is 0 Å². The van der Waals surface area contributed by atoms with Gasteiger partial charge in [-0.15, -0.1) is 0 Å². The molecule has 2 aliphatic heterocycles. The standard InChI is InChI=1S/C18H20N4O2/c1-10-16(19-11(2)17(20-10)18(3,4)5)14-8-15(23)12-9-22(24)7-6-13(12)21-14/h6-9,24H,1-5H3. The molecule has 0 fully saturated rings. The van der Waals surface area contributed by atoms with Crippen LogP contribution in [-0.2, 0) is 5.41 Å². The molecule has 6 nitrogen and oxygen atoms in total. The maximum Gasteiger partial charge on any atom is 0.191 e. The Bertz CT molecular complexity index is 954. The minimum absolute atomic E-state index is 0.102. The summed E-state index contributed by atoms with van der Waals surface area (Å²) in [6, 6.07) is 3.04. The van der Waals surface area contributed by atoms with E-state index in [0.717, 1.165) is 21.8 Å². The summed E-state index contributed by atoms with van der Waals surface area (Å²) in [7, 11) is 0. The maximum atomic E-state index is 12.3. The first-order chi connectivity index (χ1) is 11.2. The number of fused-ring (bicyclic) bond motifs is 1. The first-order valence-electron chi connectivity index (χ1n) is 7.75. The van der Waals surface area contributed by atoms with Gasteiger partial charge in [-0.3, -0.25) is 9.78 Å². The van der Waals surface area contributed by atoms with E-state index < -0.39 is 0 Å². The molecule has 124 valence electrons. The molecule has 3 heterocycles. The van der Waals surface area contributed by atoms with E-state index in [1.54, 1.807) is 6.07 Å². The zero-order valence-corrected chi connectivity index (χ0v) is 14.5. The van der Waals surface area contributed by atoms with Gasteiger partial charge in [0.1, 0.15) is 5.69 Å².